The maximum Gasteiger partial charge on any atom is 0.309 e. The molecule has 26 heavy (non-hydrogen) atoms. The van der Waals surface area contributed by atoms with E-state index in [1.807, 2.05) is 0 Å². The first-order valence-electron chi connectivity index (χ1n) is 8.99. The molecule has 0 saturated heterocycles. The van der Waals surface area contributed by atoms with Gasteiger partial charge in [-0.25, -0.2) is 0 Å². The monoisotopic (exact) mass is 360 g/mol. The highest BCUT2D eigenvalue weighted by Crippen LogP contribution is 2.40. The van der Waals surface area contributed by atoms with Crippen LogP contribution in [0.5, 0.6) is 11.5 Å². The van der Waals surface area contributed by atoms with Crippen molar-refractivity contribution < 1.29 is 28.6 Å². The summed E-state index contributed by atoms with van der Waals surface area (Å²) in [7, 11) is 3.01. The van der Waals surface area contributed by atoms with Crippen LogP contribution < -0.4 is 9.47 Å². The average molecular weight is 360 g/mol. The standard InChI is InChI=1S/C20H24O6/c1-24-17-7-6-12(10-18(17)25-2)16(21)11-26-20(23)15-8-13-4-3-5-14(9-15)19(13)22/h6-7,10,13-15H,3-5,8-9,11H2,1-2H3/t13-,14+,15?. The van der Waals surface area contributed by atoms with E-state index in [2.05, 4.69) is 0 Å². The number of Topliss-reactive ketones (excluding diaryl/α,β-unsaturated/α-hetero) is 2. The fourth-order valence-electron chi connectivity index (χ4n) is 4.02. The summed E-state index contributed by atoms with van der Waals surface area (Å²) >= 11 is 0. The first kappa shape index (κ1) is 18.4. The van der Waals surface area contributed by atoms with Crippen LogP contribution in [-0.4, -0.2) is 38.4 Å². The summed E-state index contributed by atoms with van der Waals surface area (Å²) in [5.41, 5.74) is 0.395. The van der Waals surface area contributed by atoms with Gasteiger partial charge in [0.1, 0.15) is 5.78 Å². The van der Waals surface area contributed by atoms with E-state index in [0.29, 0.717) is 35.7 Å². The molecule has 140 valence electrons. The van der Waals surface area contributed by atoms with Gasteiger partial charge < -0.3 is 14.2 Å². The van der Waals surface area contributed by atoms with Crippen LogP contribution in [0.3, 0.4) is 0 Å². The Morgan fingerprint density at radius 2 is 1.69 bits per heavy atom. The molecule has 3 rings (SSSR count). The molecule has 0 spiro atoms. The smallest absolute Gasteiger partial charge is 0.309 e. The van der Waals surface area contributed by atoms with Gasteiger partial charge >= 0.3 is 5.97 Å². The molecule has 1 aromatic carbocycles. The van der Waals surface area contributed by atoms with Crippen molar-refractivity contribution in [2.24, 2.45) is 17.8 Å². The van der Waals surface area contributed by atoms with Crippen LogP contribution in [0.4, 0.5) is 0 Å². The van der Waals surface area contributed by atoms with Crippen LogP contribution >= 0.6 is 0 Å². The van der Waals surface area contributed by atoms with Crippen molar-refractivity contribution in [1.29, 1.82) is 0 Å². The minimum Gasteiger partial charge on any atom is -0.493 e. The SMILES string of the molecule is COc1ccc(C(=O)COC(=O)C2C[C@H]3CCC[C@@H](C2)C3=O)cc1OC. The molecular weight excluding hydrogens is 336 g/mol. The van der Waals surface area contributed by atoms with Gasteiger partial charge in [-0.15, -0.1) is 0 Å². The van der Waals surface area contributed by atoms with E-state index in [9.17, 15) is 14.4 Å². The average Bonchev–Trinajstić information content (AvgIpc) is 2.64. The maximum atomic E-state index is 12.4. The predicted octanol–water partition coefficient (Wildman–Crippen LogP) is 2.83. The summed E-state index contributed by atoms with van der Waals surface area (Å²) in [5.74, 6) is 0.309. The third kappa shape index (κ3) is 3.74. The molecule has 1 aromatic rings. The fraction of sp³-hybridized carbons (Fsp3) is 0.550. The highest BCUT2D eigenvalue weighted by molar-refractivity contribution is 5.98. The molecular formula is C20H24O6. The van der Waals surface area contributed by atoms with Crippen molar-refractivity contribution in [3.05, 3.63) is 23.8 Å². The zero-order valence-electron chi connectivity index (χ0n) is 15.2. The third-order valence-electron chi connectivity index (χ3n) is 5.43. The summed E-state index contributed by atoms with van der Waals surface area (Å²) in [5, 5.41) is 0. The Morgan fingerprint density at radius 3 is 2.31 bits per heavy atom. The van der Waals surface area contributed by atoms with Gasteiger partial charge in [-0.3, -0.25) is 14.4 Å². The summed E-state index contributed by atoms with van der Waals surface area (Å²) in [6.45, 7) is -0.311. The van der Waals surface area contributed by atoms with Crippen LogP contribution in [0.2, 0.25) is 0 Å². The van der Waals surface area contributed by atoms with Crippen molar-refractivity contribution in [2.75, 3.05) is 20.8 Å². The second-order valence-corrected chi connectivity index (χ2v) is 7.00. The topological polar surface area (TPSA) is 78.9 Å². The molecule has 0 aromatic heterocycles. The number of carbonyl (C=O) groups is 3. The summed E-state index contributed by atoms with van der Waals surface area (Å²) in [6.07, 6.45) is 3.89. The molecule has 1 unspecified atom stereocenters. The van der Waals surface area contributed by atoms with Gasteiger partial charge in [0.05, 0.1) is 20.1 Å². The number of esters is 1. The van der Waals surface area contributed by atoms with Crippen LogP contribution in [0.1, 0.15) is 42.5 Å². The number of carbonyl (C=O) groups excluding carboxylic acids is 3. The zero-order chi connectivity index (χ0) is 18.7. The van der Waals surface area contributed by atoms with Crippen LogP contribution in [0, 0.1) is 17.8 Å². The fourth-order valence-corrected chi connectivity index (χ4v) is 4.02. The zero-order valence-corrected chi connectivity index (χ0v) is 15.2. The molecule has 6 heteroatoms. The number of hydrogen-bond donors (Lipinski definition) is 0. The van der Waals surface area contributed by atoms with E-state index in [1.54, 1.807) is 18.2 Å². The lowest BCUT2D eigenvalue weighted by Gasteiger charge is -2.36. The van der Waals surface area contributed by atoms with E-state index >= 15 is 0 Å². The van der Waals surface area contributed by atoms with Gasteiger partial charge in [0.15, 0.2) is 23.9 Å². The molecule has 3 atom stereocenters. The highest BCUT2D eigenvalue weighted by Gasteiger charge is 2.41. The quantitative estimate of drug-likeness (QED) is 0.573. The molecule has 0 heterocycles. The number of benzene rings is 1. The highest BCUT2D eigenvalue weighted by atomic mass is 16.5. The third-order valence-corrected chi connectivity index (χ3v) is 5.43. The Balaban J connectivity index is 1.58. The second-order valence-electron chi connectivity index (χ2n) is 7.00. The molecule has 0 amide bonds. The van der Waals surface area contributed by atoms with E-state index in [4.69, 9.17) is 14.2 Å². The van der Waals surface area contributed by atoms with E-state index in [-0.39, 0.29) is 36.1 Å². The summed E-state index contributed by atoms with van der Waals surface area (Å²) in [4.78, 5) is 36.8. The largest absolute Gasteiger partial charge is 0.493 e. The molecule has 6 nitrogen and oxygen atoms in total. The Morgan fingerprint density at radius 1 is 1.04 bits per heavy atom. The van der Waals surface area contributed by atoms with Gasteiger partial charge in [0, 0.05) is 17.4 Å². The number of ketones is 2. The molecule has 0 radical (unpaired) electrons. The number of rotatable bonds is 6. The molecule has 2 saturated carbocycles. The van der Waals surface area contributed by atoms with Crippen molar-refractivity contribution in [2.45, 2.75) is 32.1 Å². The Labute approximate surface area is 152 Å². The Hall–Kier alpha value is -2.37. The molecule has 2 aliphatic carbocycles. The summed E-state index contributed by atoms with van der Waals surface area (Å²) in [6, 6.07) is 4.82. The predicted molar refractivity (Wildman–Crippen MR) is 93.4 cm³/mol. The maximum absolute atomic E-state index is 12.4. The van der Waals surface area contributed by atoms with E-state index < -0.39 is 0 Å². The minimum atomic E-state index is -0.372. The summed E-state index contributed by atoms with van der Waals surface area (Å²) < 4.78 is 15.6. The van der Waals surface area contributed by atoms with Crippen molar-refractivity contribution in [1.82, 2.24) is 0 Å². The molecule has 2 aliphatic rings. The minimum absolute atomic E-state index is 0.0124. The van der Waals surface area contributed by atoms with Crippen molar-refractivity contribution >= 4 is 17.5 Å². The van der Waals surface area contributed by atoms with Gasteiger partial charge in [0.25, 0.3) is 0 Å². The lowest BCUT2D eigenvalue weighted by Crippen LogP contribution is -2.39. The first-order chi connectivity index (χ1) is 12.5. The normalized spacial score (nSPS) is 24.7. The number of methoxy groups -OCH3 is 2. The lowest BCUT2D eigenvalue weighted by molar-refractivity contribution is -0.152. The Bertz CT molecular complexity index is 694. The number of fused-ring (bicyclic) bond motifs is 2. The van der Waals surface area contributed by atoms with Gasteiger partial charge in [-0.05, 0) is 43.9 Å². The van der Waals surface area contributed by atoms with E-state index in [1.165, 1.54) is 14.2 Å². The van der Waals surface area contributed by atoms with Crippen LogP contribution in [0.15, 0.2) is 18.2 Å². The van der Waals surface area contributed by atoms with E-state index in [0.717, 1.165) is 19.3 Å². The lowest BCUT2D eigenvalue weighted by atomic mass is 9.67. The second kappa shape index (κ2) is 7.89. The van der Waals surface area contributed by atoms with Gasteiger partial charge in [0.2, 0.25) is 0 Å². The number of ether oxygens (including phenoxy) is 3. The molecule has 0 N–H and O–H groups in total. The van der Waals surface area contributed by atoms with Crippen LogP contribution in [0.25, 0.3) is 0 Å². The van der Waals surface area contributed by atoms with Gasteiger partial charge in [-0.1, -0.05) is 6.42 Å². The first-order valence-corrected chi connectivity index (χ1v) is 8.99. The Kier molecular flexibility index (Phi) is 5.59. The van der Waals surface area contributed by atoms with Crippen LogP contribution in [-0.2, 0) is 14.3 Å². The molecule has 2 bridgehead atoms. The molecule has 0 aliphatic heterocycles. The molecule has 2 fully saturated rings. The van der Waals surface area contributed by atoms with Gasteiger partial charge in [-0.2, -0.15) is 0 Å². The number of hydrogen-bond acceptors (Lipinski definition) is 6. The van der Waals surface area contributed by atoms with Crippen molar-refractivity contribution in [3.8, 4) is 11.5 Å². The van der Waals surface area contributed by atoms with Crippen molar-refractivity contribution in [3.63, 3.8) is 0 Å².